The van der Waals surface area contributed by atoms with Gasteiger partial charge in [0, 0.05) is 18.5 Å². The Balaban J connectivity index is 1.74. The van der Waals surface area contributed by atoms with E-state index in [0.717, 1.165) is 0 Å². The van der Waals surface area contributed by atoms with Crippen molar-refractivity contribution in [2.45, 2.75) is 55.7 Å². The molecule has 214 valence electrons. The molecular weight excluding hydrogens is 524 g/mol. The first-order valence-electron chi connectivity index (χ1n) is 12.4. The smallest absolute Gasteiger partial charge is 0.364 e. The summed E-state index contributed by atoms with van der Waals surface area (Å²) in [5.74, 6) is -3.01. The number of aliphatic carboxylic acids is 1. The molecule has 0 aliphatic carbocycles. The maximum Gasteiger partial charge on any atom is 0.364 e. The minimum absolute atomic E-state index is 0.0447. The third kappa shape index (κ3) is 7.86. The van der Waals surface area contributed by atoms with Gasteiger partial charge < -0.3 is 45.6 Å². The molecular formula is C28H32N2O10. The van der Waals surface area contributed by atoms with Crippen molar-refractivity contribution in [1.82, 2.24) is 10.6 Å². The van der Waals surface area contributed by atoms with Crippen LogP contribution in [0.15, 0.2) is 54.6 Å². The highest BCUT2D eigenvalue weighted by atomic mass is 16.7. The summed E-state index contributed by atoms with van der Waals surface area (Å²) >= 11 is 0. The summed E-state index contributed by atoms with van der Waals surface area (Å²) in [6.45, 7) is -1.65. The highest BCUT2D eigenvalue weighted by Gasteiger charge is 2.55. The van der Waals surface area contributed by atoms with E-state index in [1.807, 2.05) is 0 Å². The lowest BCUT2D eigenvalue weighted by atomic mass is 9.88. The standard InChI is InChI=1S/C28H32N2O10/c1-2-17-8-10-18(11-9-17)12-22(34)29-14-21(33)25(36)26-24(30-23(35)15-31)20(32)13-28(40-26,27(37)38)39-16-19-6-4-3-5-7-19/h1,3-11,20-21,24-26,31-33,36H,12-16H2,(H,29,34)(H,30,35)(H,37,38)/t20-,21+,24+,25+,26+,28+/m0/s1. The van der Waals surface area contributed by atoms with Gasteiger partial charge in [0.25, 0.3) is 5.79 Å². The molecule has 2 aromatic rings. The van der Waals surface area contributed by atoms with Crippen LogP contribution in [0.2, 0.25) is 0 Å². The number of hydrogen-bond acceptors (Lipinski definition) is 9. The maximum atomic E-state index is 12.4. The van der Waals surface area contributed by atoms with Crippen molar-refractivity contribution < 1.29 is 49.4 Å². The number of aliphatic hydroxyl groups excluding tert-OH is 4. The van der Waals surface area contributed by atoms with Crippen molar-refractivity contribution in [3.8, 4) is 12.3 Å². The molecule has 0 bridgehead atoms. The lowest BCUT2D eigenvalue weighted by Crippen LogP contribution is -2.68. The molecule has 0 saturated carbocycles. The molecule has 0 aromatic heterocycles. The number of hydrogen-bond donors (Lipinski definition) is 7. The lowest BCUT2D eigenvalue weighted by Gasteiger charge is -2.46. The Hall–Kier alpha value is -3.83. The number of ether oxygens (including phenoxy) is 2. The van der Waals surface area contributed by atoms with E-state index in [1.54, 1.807) is 54.6 Å². The summed E-state index contributed by atoms with van der Waals surface area (Å²) in [5, 5.41) is 56.3. The molecule has 40 heavy (non-hydrogen) atoms. The van der Waals surface area contributed by atoms with E-state index < -0.39 is 73.6 Å². The van der Waals surface area contributed by atoms with Crippen LogP contribution >= 0.6 is 0 Å². The van der Waals surface area contributed by atoms with Crippen LogP contribution < -0.4 is 10.6 Å². The van der Waals surface area contributed by atoms with E-state index in [4.69, 9.17) is 21.0 Å². The number of amides is 2. The topological polar surface area (TPSA) is 195 Å². The second kappa shape index (κ2) is 14.0. The van der Waals surface area contributed by atoms with Crippen LogP contribution in [0.4, 0.5) is 0 Å². The maximum absolute atomic E-state index is 12.4. The van der Waals surface area contributed by atoms with Crippen molar-refractivity contribution in [3.63, 3.8) is 0 Å². The fourth-order valence-electron chi connectivity index (χ4n) is 4.25. The zero-order valence-corrected chi connectivity index (χ0v) is 21.5. The van der Waals surface area contributed by atoms with E-state index in [0.29, 0.717) is 16.7 Å². The van der Waals surface area contributed by atoms with E-state index in [1.165, 1.54) is 0 Å². The Bertz CT molecular complexity index is 1200. The van der Waals surface area contributed by atoms with Gasteiger partial charge in [-0.05, 0) is 23.3 Å². The SMILES string of the molecule is C#Cc1ccc(CC(=O)NC[C@@H](O)[C@@H](O)[C@@H]2O[C@@](OCc3ccccc3)(C(=O)O)C[C@H](O)[C@H]2NC(=O)CO)cc1. The largest absolute Gasteiger partial charge is 0.477 e. The molecule has 2 amide bonds. The molecule has 0 spiro atoms. The normalized spacial score (nSPS) is 23.8. The summed E-state index contributed by atoms with van der Waals surface area (Å²) in [4.78, 5) is 36.6. The van der Waals surface area contributed by atoms with E-state index in [9.17, 15) is 34.8 Å². The van der Waals surface area contributed by atoms with E-state index >= 15 is 0 Å². The highest BCUT2D eigenvalue weighted by molar-refractivity contribution is 5.79. The molecule has 3 rings (SSSR count). The third-order valence-corrected chi connectivity index (χ3v) is 6.41. The van der Waals surface area contributed by atoms with E-state index in [-0.39, 0.29) is 13.0 Å². The molecule has 1 fully saturated rings. The number of carboxylic acid groups (broad SMARTS) is 1. The minimum atomic E-state index is -2.45. The van der Waals surface area contributed by atoms with Gasteiger partial charge in [-0.15, -0.1) is 6.42 Å². The van der Waals surface area contributed by atoms with Gasteiger partial charge in [-0.2, -0.15) is 0 Å². The van der Waals surface area contributed by atoms with Gasteiger partial charge >= 0.3 is 5.97 Å². The van der Waals surface area contributed by atoms with Gasteiger partial charge in [0.1, 0.15) is 18.8 Å². The number of carbonyl (C=O) groups is 3. The number of benzene rings is 2. The van der Waals surface area contributed by atoms with Gasteiger partial charge in [0.2, 0.25) is 11.8 Å². The number of rotatable bonds is 12. The fourth-order valence-corrected chi connectivity index (χ4v) is 4.25. The molecule has 2 aromatic carbocycles. The first kappa shape index (κ1) is 30.7. The Labute approximate surface area is 230 Å². The van der Waals surface area contributed by atoms with Gasteiger partial charge in [-0.1, -0.05) is 48.4 Å². The lowest BCUT2D eigenvalue weighted by molar-refractivity contribution is -0.314. The number of carbonyl (C=O) groups excluding carboxylic acids is 2. The average Bonchev–Trinajstić information content (AvgIpc) is 2.96. The van der Waals surface area contributed by atoms with Gasteiger partial charge in [0.15, 0.2) is 0 Å². The van der Waals surface area contributed by atoms with Crippen LogP contribution in [0.3, 0.4) is 0 Å². The zero-order chi connectivity index (χ0) is 29.3. The van der Waals surface area contributed by atoms with Gasteiger partial charge in [-0.3, -0.25) is 9.59 Å². The predicted molar refractivity (Wildman–Crippen MR) is 139 cm³/mol. The number of terminal acetylenes is 1. The van der Waals surface area contributed by atoms with Crippen molar-refractivity contribution in [1.29, 1.82) is 0 Å². The molecule has 1 heterocycles. The summed E-state index contributed by atoms with van der Waals surface area (Å²) < 4.78 is 11.3. The number of aliphatic hydroxyl groups is 4. The predicted octanol–water partition coefficient (Wildman–Crippen LogP) is -1.33. The Morgan fingerprint density at radius 2 is 1.75 bits per heavy atom. The van der Waals surface area contributed by atoms with Crippen LogP contribution in [0, 0.1) is 12.3 Å². The fraction of sp³-hybridized carbons (Fsp3) is 0.393. The second-order valence-electron chi connectivity index (χ2n) is 9.32. The quantitative estimate of drug-likeness (QED) is 0.154. The number of nitrogens with one attached hydrogen (secondary N) is 2. The first-order valence-corrected chi connectivity index (χ1v) is 12.4. The molecule has 1 aliphatic rings. The summed E-state index contributed by atoms with van der Waals surface area (Å²) in [7, 11) is 0. The molecule has 0 radical (unpaired) electrons. The van der Waals surface area contributed by atoms with Crippen molar-refractivity contribution >= 4 is 17.8 Å². The minimum Gasteiger partial charge on any atom is -0.477 e. The monoisotopic (exact) mass is 556 g/mol. The second-order valence-corrected chi connectivity index (χ2v) is 9.32. The number of carboxylic acids is 1. The Kier molecular flexibility index (Phi) is 10.7. The molecule has 7 N–H and O–H groups in total. The van der Waals surface area contributed by atoms with Gasteiger partial charge in [-0.25, -0.2) is 4.79 Å². The summed E-state index contributed by atoms with van der Waals surface area (Å²) in [6, 6.07) is 13.8. The van der Waals surface area contributed by atoms with Crippen LogP contribution in [-0.2, 0) is 36.9 Å². The molecule has 12 heteroatoms. The summed E-state index contributed by atoms with van der Waals surface area (Å²) in [5.41, 5.74) is 1.90. The third-order valence-electron chi connectivity index (χ3n) is 6.41. The van der Waals surface area contributed by atoms with Gasteiger partial charge in [0.05, 0.1) is 31.3 Å². The van der Waals surface area contributed by atoms with Crippen LogP contribution in [0.1, 0.15) is 23.1 Å². The highest BCUT2D eigenvalue weighted by Crippen LogP contribution is 2.34. The Morgan fingerprint density at radius 1 is 1.07 bits per heavy atom. The molecule has 12 nitrogen and oxygen atoms in total. The van der Waals surface area contributed by atoms with Crippen LogP contribution in [0.5, 0.6) is 0 Å². The molecule has 0 unspecified atom stereocenters. The zero-order valence-electron chi connectivity index (χ0n) is 21.5. The van der Waals surface area contributed by atoms with Crippen molar-refractivity contribution in [2.75, 3.05) is 13.2 Å². The Morgan fingerprint density at radius 3 is 2.35 bits per heavy atom. The molecule has 1 saturated heterocycles. The van der Waals surface area contributed by atoms with Crippen molar-refractivity contribution in [3.05, 3.63) is 71.3 Å². The van der Waals surface area contributed by atoms with E-state index in [2.05, 4.69) is 16.6 Å². The van der Waals surface area contributed by atoms with Crippen molar-refractivity contribution in [2.24, 2.45) is 0 Å². The first-order chi connectivity index (χ1) is 19.1. The summed E-state index contributed by atoms with van der Waals surface area (Å²) in [6.07, 6.45) is -2.32. The molecule has 1 aliphatic heterocycles. The average molecular weight is 557 g/mol. The van der Waals surface area contributed by atoms with Crippen LogP contribution in [0.25, 0.3) is 0 Å². The van der Waals surface area contributed by atoms with Crippen LogP contribution in [-0.4, -0.2) is 92.7 Å². The molecule has 6 atom stereocenters.